The van der Waals surface area contributed by atoms with E-state index in [1.165, 1.54) is 19.2 Å². The van der Waals surface area contributed by atoms with Gasteiger partial charge in [-0.05, 0) is 11.6 Å². The average Bonchev–Trinajstić information content (AvgIpc) is 2.60. The second-order valence-corrected chi connectivity index (χ2v) is 5.10. The number of benzene rings is 2. The van der Waals surface area contributed by atoms with Crippen molar-refractivity contribution in [1.82, 2.24) is 0 Å². The zero-order valence-electron chi connectivity index (χ0n) is 13.2. The van der Waals surface area contributed by atoms with Gasteiger partial charge in [-0.3, -0.25) is 20.2 Å². The molecule has 0 spiro atoms. The van der Waals surface area contributed by atoms with Crippen LogP contribution in [0.15, 0.2) is 48.5 Å². The molecule has 0 aliphatic rings. The van der Waals surface area contributed by atoms with E-state index < -0.39 is 33.2 Å². The molecule has 1 N–H and O–H groups in total. The quantitative estimate of drug-likeness (QED) is 0.464. The summed E-state index contributed by atoms with van der Waals surface area (Å²) in [6, 6.07) is 11.7. The highest BCUT2D eigenvalue weighted by atomic mass is 16.6. The van der Waals surface area contributed by atoms with Gasteiger partial charge in [0.05, 0.1) is 17.0 Å². The topological polar surface area (TPSA) is 125 Å². The molecule has 25 heavy (non-hydrogen) atoms. The molecule has 0 saturated carbocycles. The van der Waals surface area contributed by atoms with Gasteiger partial charge in [0.2, 0.25) is 0 Å². The second-order valence-electron chi connectivity index (χ2n) is 5.10. The number of methoxy groups -OCH3 is 1. The van der Waals surface area contributed by atoms with E-state index in [0.717, 1.165) is 11.6 Å². The van der Waals surface area contributed by atoms with Crippen molar-refractivity contribution in [3.05, 3.63) is 74.3 Å². The van der Waals surface area contributed by atoms with Crippen LogP contribution in [0.4, 0.5) is 17.1 Å². The number of nitrogens with zero attached hydrogens (tertiary/aromatic N) is 2. The molecule has 2 aromatic rings. The lowest BCUT2D eigenvalue weighted by Gasteiger charge is -2.17. The van der Waals surface area contributed by atoms with Crippen molar-refractivity contribution in [2.45, 2.75) is 12.5 Å². The number of nitrogens with one attached hydrogen (secondary N) is 1. The molecule has 0 aliphatic carbocycles. The van der Waals surface area contributed by atoms with E-state index in [0.29, 0.717) is 0 Å². The van der Waals surface area contributed by atoms with Gasteiger partial charge in [-0.25, -0.2) is 4.79 Å². The van der Waals surface area contributed by atoms with Crippen LogP contribution in [0.25, 0.3) is 0 Å². The number of esters is 1. The zero-order chi connectivity index (χ0) is 18.4. The first kappa shape index (κ1) is 17.9. The van der Waals surface area contributed by atoms with Crippen LogP contribution in [-0.4, -0.2) is 29.0 Å². The van der Waals surface area contributed by atoms with Gasteiger partial charge in [-0.2, -0.15) is 0 Å². The summed E-state index contributed by atoms with van der Waals surface area (Å²) in [7, 11) is 1.20. The fourth-order valence-corrected chi connectivity index (χ4v) is 2.36. The molecule has 0 heterocycles. The lowest BCUT2D eigenvalue weighted by Crippen LogP contribution is -2.33. The van der Waals surface area contributed by atoms with Gasteiger partial charge in [0.15, 0.2) is 0 Å². The van der Waals surface area contributed by atoms with Crippen molar-refractivity contribution in [3.63, 3.8) is 0 Å². The van der Waals surface area contributed by atoms with Gasteiger partial charge in [0.1, 0.15) is 11.7 Å². The largest absolute Gasteiger partial charge is 0.467 e. The van der Waals surface area contributed by atoms with Crippen LogP contribution >= 0.6 is 0 Å². The van der Waals surface area contributed by atoms with Gasteiger partial charge in [0, 0.05) is 12.5 Å². The highest BCUT2D eigenvalue weighted by Crippen LogP contribution is 2.34. The molecule has 9 nitrogen and oxygen atoms in total. The standard InChI is InChI=1S/C16H15N3O6/c1-25-16(20)13(10-11-6-3-2-4-7-11)17-12-8-5-9-14(18(21)22)15(12)19(23)24/h2-9,13,17H,10H2,1H3. The van der Waals surface area contributed by atoms with Gasteiger partial charge < -0.3 is 10.1 Å². The number of nitro groups is 2. The lowest BCUT2D eigenvalue weighted by atomic mass is 10.1. The Morgan fingerprint density at radius 1 is 1.08 bits per heavy atom. The number of hydrogen-bond donors (Lipinski definition) is 1. The van der Waals surface area contributed by atoms with E-state index >= 15 is 0 Å². The van der Waals surface area contributed by atoms with Crippen molar-refractivity contribution >= 4 is 23.0 Å². The maximum absolute atomic E-state index is 12.0. The summed E-state index contributed by atoms with van der Waals surface area (Å²) in [5.74, 6) is -0.635. The maximum Gasteiger partial charge on any atom is 0.368 e. The summed E-state index contributed by atoms with van der Waals surface area (Å²) >= 11 is 0. The minimum atomic E-state index is -0.937. The fraction of sp³-hybridized carbons (Fsp3) is 0.188. The maximum atomic E-state index is 12.0. The van der Waals surface area contributed by atoms with E-state index in [4.69, 9.17) is 4.74 Å². The fourth-order valence-electron chi connectivity index (χ4n) is 2.36. The summed E-state index contributed by atoms with van der Waals surface area (Å²) in [6.07, 6.45) is 0.202. The highest BCUT2D eigenvalue weighted by Gasteiger charge is 2.31. The Kier molecular flexibility index (Phi) is 5.62. The molecule has 0 aromatic heterocycles. The van der Waals surface area contributed by atoms with Crippen LogP contribution in [0.3, 0.4) is 0 Å². The number of rotatable bonds is 7. The number of carbonyl (C=O) groups excluding carboxylic acids is 1. The Bertz CT molecular complexity index is 794. The minimum Gasteiger partial charge on any atom is -0.467 e. The third-order valence-electron chi connectivity index (χ3n) is 3.49. The first-order chi connectivity index (χ1) is 11.9. The Labute approximate surface area is 142 Å². The molecular weight excluding hydrogens is 330 g/mol. The van der Waals surface area contributed by atoms with Crippen molar-refractivity contribution < 1.29 is 19.4 Å². The van der Waals surface area contributed by atoms with E-state index in [9.17, 15) is 25.0 Å². The molecule has 1 unspecified atom stereocenters. The summed E-state index contributed by atoms with van der Waals surface area (Å²) in [5.41, 5.74) is -0.670. The van der Waals surface area contributed by atoms with Crippen LogP contribution < -0.4 is 5.32 Å². The smallest absolute Gasteiger partial charge is 0.368 e. The molecule has 2 rings (SSSR count). The van der Waals surface area contributed by atoms with Crippen LogP contribution in [0.1, 0.15) is 5.56 Å². The Hall–Kier alpha value is -3.49. The minimum absolute atomic E-state index is 0.120. The molecule has 0 fully saturated rings. The third kappa shape index (κ3) is 4.28. The first-order valence-electron chi connectivity index (χ1n) is 7.24. The van der Waals surface area contributed by atoms with Gasteiger partial charge in [-0.15, -0.1) is 0 Å². The Morgan fingerprint density at radius 2 is 1.76 bits per heavy atom. The molecule has 0 amide bonds. The number of hydrogen-bond acceptors (Lipinski definition) is 7. The predicted molar refractivity (Wildman–Crippen MR) is 89.3 cm³/mol. The molecule has 0 bridgehead atoms. The molecule has 130 valence electrons. The first-order valence-corrected chi connectivity index (χ1v) is 7.24. The van der Waals surface area contributed by atoms with E-state index in [1.807, 2.05) is 6.07 Å². The van der Waals surface area contributed by atoms with Gasteiger partial charge >= 0.3 is 17.3 Å². The summed E-state index contributed by atoms with van der Waals surface area (Å²) in [5, 5.41) is 25.0. The summed E-state index contributed by atoms with van der Waals surface area (Å²) < 4.78 is 4.73. The van der Waals surface area contributed by atoms with Crippen molar-refractivity contribution in [1.29, 1.82) is 0 Å². The molecule has 1 atom stereocenters. The lowest BCUT2D eigenvalue weighted by molar-refractivity contribution is -0.421. The molecule has 9 heteroatoms. The molecule has 2 aromatic carbocycles. The van der Waals surface area contributed by atoms with Crippen molar-refractivity contribution in [3.8, 4) is 0 Å². The number of nitro benzene ring substituents is 2. The van der Waals surface area contributed by atoms with Crippen LogP contribution in [0.2, 0.25) is 0 Å². The predicted octanol–water partition coefficient (Wildman–Crippen LogP) is 2.70. The third-order valence-corrected chi connectivity index (χ3v) is 3.49. The van der Waals surface area contributed by atoms with Gasteiger partial charge in [-0.1, -0.05) is 36.4 Å². The number of para-hydroxylation sites is 1. The van der Waals surface area contributed by atoms with E-state index in [-0.39, 0.29) is 12.1 Å². The molecule has 0 aliphatic heterocycles. The number of ether oxygens (including phenoxy) is 1. The second kappa shape index (κ2) is 7.86. The van der Waals surface area contributed by atoms with E-state index in [1.54, 1.807) is 24.3 Å². The molecule has 0 radical (unpaired) electrons. The number of anilines is 1. The van der Waals surface area contributed by atoms with Crippen molar-refractivity contribution in [2.24, 2.45) is 0 Å². The SMILES string of the molecule is COC(=O)C(Cc1ccccc1)Nc1cccc([N+](=O)[O-])c1[N+](=O)[O-]. The summed E-state index contributed by atoms with van der Waals surface area (Å²) in [4.78, 5) is 32.6. The molecule has 0 saturated heterocycles. The summed E-state index contributed by atoms with van der Waals surface area (Å²) in [6.45, 7) is 0. The average molecular weight is 345 g/mol. The Morgan fingerprint density at radius 3 is 2.32 bits per heavy atom. The molecular formula is C16H15N3O6. The van der Waals surface area contributed by atoms with Gasteiger partial charge in [0.25, 0.3) is 0 Å². The zero-order valence-corrected chi connectivity index (χ0v) is 13.2. The van der Waals surface area contributed by atoms with Crippen LogP contribution in [-0.2, 0) is 16.0 Å². The van der Waals surface area contributed by atoms with Crippen molar-refractivity contribution in [2.75, 3.05) is 12.4 Å². The normalized spacial score (nSPS) is 11.4. The monoisotopic (exact) mass is 345 g/mol. The highest BCUT2D eigenvalue weighted by molar-refractivity contribution is 5.82. The Balaban J connectivity index is 2.39. The number of carbonyl (C=O) groups is 1. The van der Waals surface area contributed by atoms with E-state index in [2.05, 4.69) is 5.32 Å². The van der Waals surface area contributed by atoms with Crippen LogP contribution in [0.5, 0.6) is 0 Å². The van der Waals surface area contributed by atoms with Crippen LogP contribution in [0, 0.1) is 20.2 Å².